The number of nitrogens with one attached hydrogen (secondary N) is 1. The fraction of sp³-hybridized carbons (Fsp3) is 0.278. The first-order valence-electron chi connectivity index (χ1n) is 7.56. The van der Waals surface area contributed by atoms with Gasteiger partial charge in [0.05, 0.1) is 11.4 Å². The summed E-state index contributed by atoms with van der Waals surface area (Å²) in [6.07, 6.45) is 0. The van der Waals surface area contributed by atoms with Crippen molar-refractivity contribution in [3.63, 3.8) is 0 Å². The Morgan fingerprint density at radius 2 is 1.73 bits per heavy atom. The van der Waals surface area contributed by atoms with Crippen LogP contribution < -0.4 is 15.1 Å². The third kappa shape index (κ3) is 2.91. The lowest BCUT2D eigenvalue weighted by molar-refractivity contribution is -0.114. The van der Waals surface area contributed by atoms with Crippen molar-refractivity contribution in [1.82, 2.24) is 0 Å². The number of amides is 1. The molecule has 0 bridgehead atoms. The summed E-state index contributed by atoms with van der Waals surface area (Å²) in [6.45, 7) is 4.31. The van der Waals surface area contributed by atoms with Crippen LogP contribution in [0.15, 0.2) is 48.5 Å². The summed E-state index contributed by atoms with van der Waals surface area (Å²) in [5.74, 6) is -0.0359. The number of likely N-dealkylation sites (N-methyl/N-ethyl adjacent to an activating group) is 1. The fourth-order valence-corrected chi connectivity index (χ4v) is 2.91. The van der Waals surface area contributed by atoms with Gasteiger partial charge in [-0.2, -0.15) is 0 Å². The number of para-hydroxylation sites is 3. The van der Waals surface area contributed by atoms with Gasteiger partial charge in [0.1, 0.15) is 0 Å². The Morgan fingerprint density at radius 3 is 2.50 bits per heavy atom. The predicted molar refractivity (Wildman–Crippen MR) is 91.5 cm³/mol. The number of nitrogens with zero attached hydrogens (tertiary/aromatic N) is 2. The number of carbonyl (C=O) groups is 1. The lowest BCUT2D eigenvalue weighted by Gasteiger charge is -2.37. The van der Waals surface area contributed by atoms with Gasteiger partial charge in [0.2, 0.25) is 5.91 Å². The Hall–Kier alpha value is -2.49. The van der Waals surface area contributed by atoms with Crippen LogP contribution in [0.3, 0.4) is 0 Å². The van der Waals surface area contributed by atoms with Crippen LogP contribution in [0.1, 0.15) is 12.5 Å². The van der Waals surface area contributed by atoms with Crippen LogP contribution in [-0.4, -0.2) is 26.0 Å². The molecule has 4 nitrogen and oxygen atoms in total. The van der Waals surface area contributed by atoms with Crippen LogP contribution in [0, 0.1) is 0 Å². The van der Waals surface area contributed by atoms with Crippen molar-refractivity contribution in [1.29, 1.82) is 0 Å². The molecule has 0 fully saturated rings. The Kier molecular flexibility index (Phi) is 4.00. The highest BCUT2D eigenvalue weighted by Gasteiger charge is 2.20. The van der Waals surface area contributed by atoms with Gasteiger partial charge in [-0.25, -0.2) is 0 Å². The van der Waals surface area contributed by atoms with Crippen LogP contribution in [0.25, 0.3) is 0 Å². The smallest absolute Gasteiger partial charge is 0.221 e. The number of rotatable bonds is 3. The Balaban J connectivity index is 1.88. The molecule has 0 saturated heterocycles. The van der Waals surface area contributed by atoms with Crippen LogP contribution in [-0.2, 0) is 11.3 Å². The summed E-state index contributed by atoms with van der Waals surface area (Å²) in [7, 11) is 2.13. The highest BCUT2D eigenvalue weighted by molar-refractivity contribution is 5.89. The second-order valence-electron chi connectivity index (χ2n) is 5.67. The van der Waals surface area contributed by atoms with Gasteiger partial charge in [-0.3, -0.25) is 4.79 Å². The number of fused-ring (bicyclic) bond motifs is 1. The summed E-state index contributed by atoms with van der Waals surface area (Å²) < 4.78 is 0. The van der Waals surface area contributed by atoms with Crippen molar-refractivity contribution in [2.45, 2.75) is 13.5 Å². The van der Waals surface area contributed by atoms with Gasteiger partial charge in [-0.15, -0.1) is 0 Å². The average Bonchev–Trinajstić information content (AvgIpc) is 2.52. The van der Waals surface area contributed by atoms with Crippen molar-refractivity contribution >= 4 is 23.0 Å². The second kappa shape index (κ2) is 6.10. The molecule has 1 amide bonds. The van der Waals surface area contributed by atoms with Crippen molar-refractivity contribution in [2.75, 3.05) is 35.3 Å². The zero-order valence-corrected chi connectivity index (χ0v) is 13.0. The van der Waals surface area contributed by atoms with Crippen molar-refractivity contribution in [3.05, 3.63) is 54.1 Å². The normalized spacial score (nSPS) is 13.7. The molecule has 0 saturated carbocycles. The molecule has 1 N–H and O–H groups in total. The Labute approximate surface area is 131 Å². The van der Waals surface area contributed by atoms with Crippen molar-refractivity contribution < 1.29 is 4.79 Å². The summed E-state index contributed by atoms with van der Waals surface area (Å²) in [4.78, 5) is 16.0. The summed E-state index contributed by atoms with van der Waals surface area (Å²) in [6, 6.07) is 16.5. The van der Waals surface area contributed by atoms with E-state index in [9.17, 15) is 4.79 Å². The van der Waals surface area contributed by atoms with Gasteiger partial charge in [-0.1, -0.05) is 30.3 Å². The van der Waals surface area contributed by atoms with E-state index in [0.29, 0.717) is 0 Å². The van der Waals surface area contributed by atoms with E-state index in [2.05, 4.69) is 52.5 Å². The standard InChI is InChI=1S/C18H21N3O/c1-14(22)19-16-8-4-3-7-15(16)13-21-12-11-20(2)17-9-5-6-10-18(17)21/h3-10H,11-13H2,1-2H3,(H,19,22). The molecule has 1 heterocycles. The first-order valence-corrected chi connectivity index (χ1v) is 7.56. The molecule has 0 unspecified atom stereocenters. The van der Waals surface area contributed by atoms with Crippen LogP contribution in [0.5, 0.6) is 0 Å². The first kappa shape index (κ1) is 14.4. The number of hydrogen-bond acceptors (Lipinski definition) is 3. The zero-order chi connectivity index (χ0) is 15.5. The highest BCUT2D eigenvalue weighted by Crippen LogP contribution is 2.33. The minimum absolute atomic E-state index is 0.0359. The largest absolute Gasteiger partial charge is 0.371 e. The van der Waals surface area contributed by atoms with E-state index in [1.807, 2.05) is 18.2 Å². The van der Waals surface area contributed by atoms with Crippen LogP contribution in [0.4, 0.5) is 17.1 Å². The predicted octanol–water partition coefficient (Wildman–Crippen LogP) is 3.10. The molecule has 22 heavy (non-hydrogen) atoms. The maximum atomic E-state index is 11.4. The van der Waals surface area contributed by atoms with Gasteiger partial charge in [0.25, 0.3) is 0 Å². The topological polar surface area (TPSA) is 35.6 Å². The van der Waals surface area contributed by atoms with E-state index < -0.39 is 0 Å². The van der Waals surface area contributed by atoms with Gasteiger partial charge in [0.15, 0.2) is 0 Å². The van der Waals surface area contributed by atoms with Crippen LogP contribution >= 0.6 is 0 Å². The molecule has 0 radical (unpaired) electrons. The second-order valence-corrected chi connectivity index (χ2v) is 5.67. The summed E-state index contributed by atoms with van der Waals surface area (Å²) >= 11 is 0. The van der Waals surface area contributed by atoms with E-state index >= 15 is 0 Å². The molecular weight excluding hydrogens is 274 g/mol. The maximum absolute atomic E-state index is 11.4. The van der Waals surface area contributed by atoms with Crippen molar-refractivity contribution in [3.8, 4) is 0 Å². The molecule has 2 aromatic carbocycles. The molecule has 0 aliphatic carbocycles. The third-order valence-corrected chi connectivity index (χ3v) is 4.03. The quantitative estimate of drug-likeness (QED) is 0.945. The van der Waals surface area contributed by atoms with Crippen molar-refractivity contribution in [2.24, 2.45) is 0 Å². The molecule has 0 aromatic heterocycles. The molecule has 114 valence electrons. The SMILES string of the molecule is CC(=O)Nc1ccccc1CN1CCN(C)c2ccccc21. The number of carbonyl (C=O) groups excluding carboxylic acids is 1. The lowest BCUT2D eigenvalue weighted by Crippen LogP contribution is -2.38. The number of benzene rings is 2. The molecule has 1 aliphatic heterocycles. The number of hydrogen-bond donors (Lipinski definition) is 1. The van der Waals surface area contributed by atoms with Gasteiger partial charge in [-0.05, 0) is 23.8 Å². The molecule has 4 heteroatoms. The average molecular weight is 295 g/mol. The monoisotopic (exact) mass is 295 g/mol. The molecular formula is C18H21N3O. The van der Waals surface area contributed by atoms with E-state index in [-0.39, 0.29) is 5.91 Å². The minimum atomic E-state index is -0.0359. The molecule has 0 spiro atoms. The molecule has 1 aliphatic rings. The summed E-state index contributed by atoms with van der Waals surface area (Å²) in [5.41, 5.74) is 4.53. The van der Waals surface area contributed by atoms with Gasteiger partial charge in [0, 0.05) is 39.3 Å². The zero-order valence-electron chi connectivity index (χ0n) is 13.0. The van der Waals surface area contributed by atoms with E-state index in [4.69, 9.17) is 0 Å². The van der Waals surface area contributed by atoms with E-state index in [1.54, 1.807) is 6.92 Å². The third-order valence-electron chi connectivity index (χ3n) is 4.03. The Bertz CT molecular complexity index is 684. The maximum Gasteiger partial charge on any atom is 0.221 e. The fourth-order valence-electron chi connectivity index (χ4n) is 2.91. The molecule has 2 aromatic rings. The van der Waals surface area contributed by atoms with Crippen LogP contribution in [0.2, 0.25) is 0 Å². The Morgan fingerprint density at radius 1 is 1.05 bits per heavy atom. The minimum Gasteiger partial charge on any atom is -0.371 e. The molecule has 0 atom stereocenters. The first-order chi connectivity index (χ1) is 10.6. The summed E-state index contributed by atoms with van der Waals surface area (Å²) in [5, 5.41) is 2.92. The highest BCUT2D eigenvalue weighted by atomic mass is 16.1. The number of anilines is 3. The van der Waals surface area contributed by atoms with E-state index in [0.717, 1.165) is 30.9 Å². The molecule has 3 rings (SSSR count). The lowest BCUT2D eigenvalue weighted by atomic mass is 10.1. The van der Waals surface area contributed by atoms with E-state index in [1.165, 1.54) is 11.4 Å². The van der Waals surface area contributed by atoms with Gasteiger partial charge >= 0.3 is 0 Å². The van der Waals surface area contributed by atoms with Gasteiger partial charge < -0.3 is 15.1 Å².